The summed E-state index contributed by atoms with van der Waals surface area (Å²) in [5, 5.41) is 0. The normalized spacial score (nSPS) is 18.9. The first kappa shape index (κ1) is 11.0. The summed E-state index contributed by atoms with van der Waals surface area (Å²) < 4.78 is 0. The van der Waals surface area contributed by atoms with Gasteiger partial charge in [0, 0.05) is 24.5 Å². The maximum absolute atomic E-state index is 3.66. The summed E-state index contributed by atoms with van der Waals surface area (Å²) >= 11 is 0. The largest absolute Gasteiger partial charge is 0.429 e. The topological polar surface area (TPSA) is 48.1 Å². The van der Waals surface area contributed by atoms with Crippen molar-refractivity contribution in [3.05, 3.63) is 59.7 Å². The van der Waals surface area contributed by atoms with Crippen molar-refractivity contribution in [1.82, 2.24) is 9.96 Å². The molecular formula is C14H16N4Si. The average Bonchev–Trinajstić information content (AvgIpc) is 2.47. The van der Waals surface area contributed by atoms with Crippen LogP contribution in [-0.4, -0.2) is 8.72 Å². The number of hydrogen-bond acceptors (Lipinski definition) is 4. The van der Waals surface area contributed by atoms with Gasteiger partial charge in [0.25, 0.3) is 0 Å². The molecule has 0 unspecified atom stereocenters. The van der Waals surface area contributed by atoms with Crippen LogP contribution in [0.2, 0.25) is 0 Å². The van der Waals surface area contributed by atoms with Gasteiger partial charge in [-0.2, -0.15) is 0 Å². The third-order valence-corrected chi connectivity index (χ3v) is 6.47. The number of nitrogens with one attached hydrogen (secondary N) is 4. The van der Waals surface area contributed by atoms with Crippen molar-refractivity contribution < 1.29 is 0 Å². The first-order chi connectivity index (χ1) is 9.35. The van der Waals surface area contributed by atoms with Crippen LogP contribution >= 0.6 is 0 Å². The molecule has 2 aromatic carbocycles. The maximum atomic E-state index is 3.66. The number of benzene rings is 2. The van der Waals surface area contributed by atoms with Crippen molar-refractivity contribution in [3.8, 4) is 0 Å². The minimum Gasteiger partial charge on any atom is -0.370 e. The van der Waals surface area contributed by atoms with Crippen molar-refractivity contribution >= 4 is 20.1 Å². The van der Waals surface area contributed by atoms with E-state index in [2.05, 4.69) is 68.5 Å². The van der Waals surface area contributed by atoms with Crippen LogP contribution in [0, 0.1) is 0 Å². The van der Waals surface area contributed by atoms with Crippen molar-refractivity contribution in [2.75, 3.05) is 9.96 Å². The van der Waals surface area contributed by atoms with E-state index in [0.717, 1.165) is 13.1 Å². The molecule has 2 aromatic rings. The quantitative estimate of drug-likeness (QED) is 0.551. The molecule has 0 radical (unpaired) electrons. The Morgan fingerprint density at radius 2 is 1.16 bits per heavy atom. The fourth-order valence-corrected chi connectivity index (χ4v) is 5.47. The van der Waals surface area contributed by atoms with Crippen LogP contribution in [0.3, 0.4) is 0 Å². The maximum Gasteiger partial charge on any atom is 0.429 e. The molecule has 0 saturated heterocycles. The van der Waals surface area contributed by atoms with Gasteiger partial charge in [-0.05, 0) is 23.3 Å². The van der Waals surface area contributed by atoms with Gasteiger partial charge in [-0.3, -0.25) is 9.96 Å². The summed E-state index contributed by atoms with van der Waals surface area (Å²) in [6, 6.07) is 16.9. The van der Waals surface area contributed by atoms with E-state index in [-0.39, 0.29) is 0 Å². The van der Waals surface area contributed by atoms with Crippen molar-refractivity contribution in [3.63, 3.8) is 0 Å². The second-order valence-electron chi connectivity index (χ2n) is 5.02. The second-order valence-corrected chi connectivity index (χ2v) is 7.73. The minimum absolute atomic E-state index is 0.900. The molecule has 0 amide bonds. The Morgan fingerprint density at radius 3 is 1.68 bits per heavy atom. The van der Waals surface area contributed by atoms with E-state index in [9.17, 15) is 0 Å². The van der Waals surface area contributed by atoms with Crippen LogP contribution in [-0.2, 0) is 13.1 Å². The van der Waals surface area contributed by atoms with E-state index in [1.54, 1.807) is 0 Å². The molecule has 96 valence electrons. The monoisotopic (exact) mass is 268 g/mol. The molecule has 1 spiro atoms. The highest BCUT2D eigenvalue weighted by atomic mass is 28.4. The van der Waals surface area contributed by atoms with Gasteiger partial charge in [-0.25, -0.2) is 0 Å². The Bertz CT molecular complexity index is 573. The third-order valence-electron chi connectivity index (χ3n) is 3.77. The zero-order chi connectivity index (χ0) is 12.7. The molecule has 0 atom stereocenters. The van der Waals surface area contributed by atoms with Crippen molar-refractivity contribution in [1.29, 1.82) is 0 Å². The van der Waals surface area contributed by atoms with E-state index in [1.807, 2.05) is 0 Å². The lowest BCUT2D eigenvalue weighted by molar-refractivity contribution is 0.789. The molecule has 0 aliphatic carbocycles. The molecule has 0 aromatic heterocycles. The smallest absolute Gasteiger partial charge is 0.370 e. The SMILES string of the molecule is c1ccc2c(c1)CN[Si]1(NCc3ccccc3N1)N2. The molecule has 4 N–H and O–H groups in total. The number of anilines is 2. The van der Waals surface area contributed by atoms with Crippen LogP contribution in [0.5, 0.6) is 0 Å². The molecule has 5 heteroatoms. The molecule has 0 saturated carbocycles. The minimum atomic E-state index is -2.07. The van der Waals surface area contributed by atoms with Gasteiger partial charge in [0.2, 0.25) is 0 Å². The molecule has 0 fully saturated rings. The Labute approximate surface area is 113 Å². The van der Waals surface area contributed by atoms with Crippen molar-refractivity contribution in [2.45, 2.75) is 13.1 Å². The fraction of sp³-hybridized carbons (Fsp3) is 0.143. The van der Waals surface area contributed by atoms with E-state index in [1.165, 1.54) is 22.5 Å². The number of rotatable bonds is 0. The lowest BCUT2D eigenvalue weighted by Gasteiger charge is -2.42. The Balaban J connectivity index is 1.68. The summed E-state index contributed by atoms with van der Waals surface area (Å²) in [6.45, 7) is 1.80. The molecule has 4 rings (SSSR count). The third kappa shape index (κ3) is 1.83. The molecular weight excluding hydrogens is 252 g/mol. The van der Waals surface area contributed by atoms with Crippen LogP contribution in [0.25, 0.3) is 0 Å². The van der Waals surface area contributed by atoms with Gasteiger partial charge in [0.1, 0.15) is 0 Å². The Kier molecular flexibility index (Phi) is 2.38. The molecule has 4 nitrogen and oxygen atoms in total. The van der Waals surface area contributed by atoms with E-state index >= 15 is 0 Å². The lowest BCUT2D eigenvalue weighted by atomic mass is 10.2. The van der Waals surface area contributed by atoms with Gasteiger partial charge >= 0.3 is 8.72 Å². The highest BCUT2D eigenvalue weighted by molar-refractivity contribution is 6.81. The van der Waals surface area contributed by atoms with Gasteiger partial charge in [-0.15, -0.1) is 0 Å². The van der Waals surface area contributed by atoms with Crippen LogP contribution in [0.4, 0.5) is 11.4 Å². The van der Waals surface area contributed by atoms with Crippen LogP contribution in [0.15, 0.2) is 48.5 Å². The Hall–Kier alpha value is -1.82. The standard InChI is InChI=1S/C14H16N4Si/c1-3-7-13-11(5-1)9-15-19(17-13)16-10-12-6-2-4-8-14(12)18-19/h1-8,15-18H,9-10H2. The number of hydrogen-bond donors (Lipinski definition) is 4. The summed E-state index contributed by atoms with van der Waals surface area (Å²) in [6.07, 6.45) is 0. The predicted octanol–water partition coefficient (Wildman–Crippen LogP) is 1.85. The first-order valence-corrected chi connectivity index (χ1v) is 8.57. The summed E-state index contributed by atoms with van der Waals surface area (Å²) in [4.78, 5) is 14.6. The number of fused-ring (bicyclic) bond motifs is 2. The Morgan fingerprint density at radius 1 is 0.684 bits per heavy atom. The fourth-order valence-electron chi connectivity index (χ4n) is 2.72. The molecule has 0 bridgehead atoms. The zero-order valence-electron chi connectivity index (χ0n) is 10.5. The molecule has 2 aliphatic rings. The number of para-hydroxylation sites is 2. The molecule has 19 heavy (non-hydrogen) atoms. The van der Waals surface area contributed by atoms with E-state index in [4.69, 9.17) is 0 Å². The summed E-state index contributed by atoms with van der Waals surface area (Å²) in [7, 11) is -2.07. The zero-order valence-corrected chi connectivity index (χ0v) is 11.5. The van der Waals surface area contributed by atoms with Gasteiger partial charge in [0.05, 0.1) is 0 Å². The van der Waals surface area contributed by atoms with Gasteiger partial charge < -0.3 is 9.96 Å². The second kappa shape index (κ2) is 4.09. The van der Waals surface area contributed by atoms with E-state index < -0.39 is 8.72 Å². The lowest BCUT2D eigenvalue weighted by Crippen LogP contribution is -2.76. The van der Waals surface area contributed by atoms with Gasteiger partial charge in [0.15, 0.2) is 0 Å². The van der Waals surface area contributed by atoms with Crippen LogP contribution < -0.4 is 19.9 Å². The highest BCUT2D eigenvalue weighted by Crippen LogP contribution is 2.26. The summed E-state index contributed by atoms with van der Waals surface area (Å²) in [5.74, 6) is 0. The molecule has 2 aliphatic heterocycles. The van der Waals surface area contributed by atoms with E-state index in [0.29, 0.717) is 0 Å². The van der Waals surface area contributed by atoms with Gasteiger partial charge in [-0.1, -0.05) is 36.4 Å². The highest BCUT2D eigenvalue weighted by Gasteiger charge is 2.41. The summed E-state index contributed by atoms with van der Waals surface area (Å²) in [5.41, 5.74) is 5.10. The average molecular weight is 268 g/mol. The predicted molar refractivity (Wildman–Crippen MR) is 79.6 cm³/mol. The molecule has 2 heterocycles. The van der Waals surface area contributed by atoms with Crippen LogP contribution in [0.1, 0.15) is 11.1 Å². The van der Waals surface area contributed by atoms with Crippen molar-refractivity contribution in [2.24, 2.45) is 0 Å². The first-order valence-electron chi connectivity index (χ1n) is 6.57.